The topological polar surface area (TPSA) is 18.5 Å². The first-order valence-corrected chi connectivity index (χ1v) is 4.76. The van der Waals surface area contributed by atoms with Gasteiger partial charge >= 0.3 is 0 Å². The van der Waals surface area contributed by atoms with Crippen molar-refractivity contribution in [2.24, 2.45) is 0 Å². The molecule has 0 saturated carbocycles. The van der Waals surface area contributed by atoms with Crippen molar-refractivity contribution in [1.82, 2.24) is 0 Å². The highest BCUT2D eigenvalue weighted by atomic mass is 19.1. The lowest BCUT2D eigenvalue weighted by Crippen LogP contribution is -2.53. The molecule has 76 valence electrons. The zero-order chi connectivity index (χ0) is 10.0. The summed E-state index contributed by atoms with van der Waals surface area (Å²) in [6.07, 6.45) is 0.907. The van der Waals surface area contributed by atoms with Crippen LogP contribution in [0, 0.1) is 5.82 Å². The summed E-state index contributed by atoms with van der Waals surface area (Å²) >= 11 is 0. The van der Waals surface area contributed by atoms with E-state index in [2.05, 4.69) is 6.92 Å². The molecule has 1 aromatic carbocycles. The van der Waals surface area contributed by atoms with Crippen molar-refractivity contribution < 1.29 is 13.9 Å². The Kier molecular flexibility index (Phi) is 2.42. The summed E-state index contributed by atoms with van der Waals surface area (Å²) in [5.74, 6) is 0.462. The molecule has 1 saturated heterocycles. The van der Waals surface area contributed by atoms with Gasteiger partial charge in [-0.1, -0.05) is 6.92 Å². The highest BCUT2D eigenvalue weighted by Gasteiger charge is 2.39. The fraction of sp³-hybridized carbons (Fsp3) is 0.455. The van der Waals surface area contributed by atoms with Crippen LogP contribution in [0.15, 0.2) is 24.3 Å². The van der Waals surface area contributed by atoms with Crippen molar-refractivity contribution in [3.63, 3.8) is 0 Å². The number of hydrogen-bond donors (Lipinski definition) is 0. The van der Waals surface area contributed by atoms with Crippen LogP contribution < -0.4 is 4.74 Å². The Labute approximate surface area is 82.6 Å². The molecule has 0 bridgehead atoms. The maximum absolute atomic E-state index is 12.6. The van der Waals surface area contributed by atoms with Crippen LogP contribution in [-0.2, 0) is 4.74 Å². The summed E-state index contributed by atoms with van der Waals surface area (Å²) in [6.45, 7) is 3.31. The predicted molar refractivity (Wildman–Crippen MR) is 50.9 cm³/mol. The molecule has 0 N–H and O–H groups in total. The quantitative estimate of drug-likeness (QED) is 0.739. The van der Waals surface area contributed by atoms with Crippen molar-refractivity contribution in [1.29, 1.82) is 0 Å². The van der Waals surface area contributed by atoms with Crippen LogP contribution >= 0.6 is 0 Å². The van der Waals surface area contributed by atoms with Gasteiger partial charge < -0.3 is 9.47 Å². The molecule has 0 radical (unpaired) electrons. The fourth-order valence-electron chi connectivity index (χ4n) is 1.42. The van der Waals surface area contributed by atoms with E-state index < -0.39 is 0 Å². The fourth-order valence-corrected chi connectivity index (χ4v) is 1.42. The number of benzene rings is 1. The van der Waals surface area contributed by atoms with Gasteiger partial charge in [-0.3, -0.25) is 0 Å². The molecule has 3 heteroatoms. The average Bonchev–Trinajstić information content (AvgIpc) is 2.15. The van der Waals surface area contributed by atoms with Gasteiger partial charge in [0.15, 0.2) is 5.60 Å². The molecule has 1 heterocycles. The van der Waals surface area contributed by atoms with E-state index >= 15 is 0 Å². The van der Waals surface area contributed by atoms with Crippen LogP contribution in [0.4, 0.5) is 4.39 Å². The molecule has 0 atom stereocenters. The van der Waals surface area contributed by atoms with Crippen molar-refractivity contribution >= 4 is 0 Å². The molecule has 1 aromatic rings. The molecule has 0 amide bonds. The van der Waals surface area contributed by atoms with Crippen molar-refractivity contribution in [2.45, 2.75) is 18.9 Å². The number of hydrogen-bond acceptors (Lipinski definition) is 2. The number of halogens is 1. The van der Waals surface area contributed by atoms with Gasteiger partial charge in [0.25, 0.3) is 0 Å². The van der Waals surface area contributed by atoms with Gasteiger partial charge in [-0.2, -0.15) is 0 Å². The van der Waals surface area contributed by atoms with E-state index in [9.17, 15) is 4.39 Å². The lowest BCUT2D eigenvalue weighted by molar-refractivity contribution is -0.162. The Morgan fingerprint density at radius 3 is 2.43 bits per heavy atom. The lowest BCUT2D eigenvalue weighted by Gasteiger charge is -2.40. The Bertz CT molecular complexity index is 298. The van der Waals surface area contributed by atoms with E-state index in [1.54, 1.807) is 12.1 Å². The first-order valence-electron chi connectivity index (χ1n) is 4.76. The first kappa shape index (κ1) is 9.46. The second-order valence-corrected chi connectivity index (χ2v) is 3.59. The third-order valence-electron chi connectivity index (χ3n) is 2.52. The van der Waals surface area contributed by atoms with E-state index in [1.807, 2.05) is 0 Å². The minimum Gasteiger partial charge on any atom is -0.482 e. The van der Waals surface area contributed by atoms with E-state index in [4.69, 9.17) is 9.47 Å². The molecular formula is C11H13FO2. The molecule has 0 unspecified atom stereocenters. The maximum Gasteiger partial charge on any atom is 0.155 e. The largest absolute Gasteiger partial charge is 0.482 e. The second-order valence-electron chi connectivity index (χ2n) is 3.59. The molecule has 14 heavy (non-hydrogen) atoms. The zero-order valence-electron chi connectivity index (χ0n) is 8.13. The first-order chi connectivity index (χ1) is 6.74. The molecular weight excluding hydrogens is 183 g/mol. The monoisotopic (exact) mass is 196 g/mol. The Morgan fingerprint density at radius 1 is 1.36 bits per heavy atom. The molecule has 1 fully saturated rings. The maximum atomic E-state index is 12.6. The van der Waals surface area contributed by atoms with Crippen molar-refractivity contribution in [3.8, 4) is 5.75 Å². The molecule has 0 spiro atoms. The summed E-state index contributed by atoms with van der Waals surface area (Å²) in [5.41, 5.74) is -0.183. The smallest absolute Gasteiger partial charge is 0.155 e. The van der Waals surface area contributed by atoms with Gasteiger partial charge in [-0.25, -0.2) is 4.39 Å². The Morgan fingerprint density at radius 2 is 2.00 bits per heavy atom. The van der Waals surface area contributed by atoms with E-state index in [0.29, 0.717) is 19.0 Å². The Hall–Kier alpha value is -1.09. The molecule has 0 aromatic heterocycles. The lowest BCUT2D eigenvalue weighted by atomic mass is 9.99. The van der Waals surface area contributed by atoms with Crippen LogP contribution in [0.1, 0.15) is 13.3 Å². The zero-order valence-corrected chi connectivity index (χ0v) is 8.13. The van der Waals surface area contributed by atoms with E-state index in [-0.39, 0.29) is 11.4 Å². The van der Waals surface area contributed by atoms with Crippen LogP contribution in [0.3, 0.4) is 0 Å². The second kappa shape index (κ2) is 3.58. The minimum absolute atomic E-state index is 0.183. The van der Waals surface area contributed by atoms with E-state index in [1.165, 1.54) is 12.1 Å². The van der Waals surface area contributed by atoms with Gasteiger partial charge in [0.2, 0.25) is 0 Å². The van der Waals surface area contributed by atoms with Gasteiger partial charge in [0, 0.05) is 0 Å². The van der Waals surface area contributed by atoms with Crippen molar-refractivity contribution in [2.75, 3.05) is 13.2 Å². The third-order valence-corrected chi connectivity index (χ3v) is 2.52. The molecule has 1 aliphatic rings. The summed E-state index contributed by atoms with van der Waals surface area (Å²) in [7, 11) is 0. The summed E-state index contributed by atoms with van der Waals surface area (Å²) in [6, 6.07) is 6.09. The number of ether oxygens (including phenoxy) is 2. The molecule has 2 rings (SSSR count). The average molecular weight is 196 g/mol. The summed E-state index contributed by atoms with van der Waals surface area (Å²) < 4.78 is 23.5. The minimum atomic E-state index is -0.243. The molecule has 1 aliphatic heterocycles. The van der Waals surface area contributed by atoms with Crippen LogP contribution in [0.5, 0.6) is 5.75 Å². The summed E-state index contributed by atoms with van der Waals surface area (Å²) in [5, 5.41) is 0. The van der Waals surface area contributed by atoms with Gasteiger partial charge in [0.1, 0.15) is 11.6 Å². The third kappa shape index (κ3) is 1.73. The molecule has 2 nitrogen and oxygen atoms in total. The van der Waals surface area contributed by atoms with Crippen LogP contribution in [-0.4, -0.2) is 18.8 Å². The molecule has 0 aliphatic carbocycles. The normalized spacial score (nSPS) is 18.7. The number of rotatable bonds is 3. The highest BCUT2D eigenvalue weighted by molar-refractivity contribution is 5.23. The standard InChI is InChI=1S/C11H13FO2/c1-2-11(7-13-8-11)14-10-5-3-9(12)4-6-10/h3-6H,2,7-8H2,1H3. The van der Waals surface area contributed by atoms with E-state index in [0.717, 1.165) is 6.42 Å². The predicted octanol–water partition coefficient (Wildman–Crippen LogP) is 2.38. The van der Waals surface area contributed by atoms with Crippen LogP contribution in [0.2, 0.25) is 0 Å². The highest BCUT2D eigenvalue weighted by Crippen LogP contribution is 2.28. The van der Waals surface area contributed by atoms with Crippen molar-refractivity contribution in [3.05, 3.63) is 30.1 Å². The van der Waals surface area contributed by atoms with Gasteiger partial charge in [0.05, 0.1) is 13.2 Å². The summed E-state index contributed by atoms with van der Waals surface area (Å²) in [4.78, 5) is 0. The van der Waals surface area contributed by atoms with Crippen LogP contribution in [0.25, 0.3) is 0 Å². The Balaban J connectivity index is 2.06. The SMILES string of the molecule is CCC1(Oc2ccc(F)cc2)COC1. The van der Waals surface area contributed by atoms with Gasteiger partial charge in [-0.05, 0) is 30.7 Å². The van der Waals surface area contributed by atoms with Gasteiger partial charge in [-0.15, -0.1) is 0 Å².